The molecule has 0 aromatic rings. The van der Waals surface area contributed by atoms with E-state index in [1.807, 2.05) is 6.92 Å². The lowest BCUT2D eigenvalue weighted by atomic mass is 10.2. The van der Waals surface area contributed by atoms with E-state index in [2.05, 4.69) is 10.6 Å². The molecule has 4 heteroatoms. The van der Waals surface area contributed by atoms with Crippen molar-refractivity contribution in [2.45, 2.75) is 31.9 Å². The first-order chi connectivity index (χ1) is 6.24. The van der Waals surface area contributed by atoms with E-state index in [1.54, 1.807) is 7.11 Å². The Hall–Kier alpha value is -0.610. The van der Waals surface area contributed by atoms with Crippen LogP contribution in [0.5, 0.6) is 0 Å². The average Bonchev–Trinajstić information content (AvgIpc) is 2.66. The molecule has 0 aromatic heterocycles. The second kappa shape index (κ2) is 5.19. The van der Waals surface area contributed by atoms with Gasteiger partial charge in [-0.2, -0.15) is 0 Å². The number of methoxy groups -OCH3 is 1. The van der Waals surface area contributed by atoms with E-state index < -0.39 is 0 Å². The molecule has 1 amide bonds. The molecule has 4 nitrogen and oxygen atoms in total. The predicted molar refractivity (Wildman–Crippen MR) is 50.5 cm³/mol. The van der Waals surface area contributed by atoms with Crippen molar-refractivity contribution in [3.05, 3.63) is 0 Å². The monoisotopic (exact) mass is 186 g/mol. The summed E-state index contributed by atoms with van der Waals surface area (Å²) in [4.78, 5) is 11.4. The van der Waals surface area contributed by atoms with Gasteiger partial charge >= 0.3 is 0 Å². The summed E-state index contributed by atoms with van der Waals surface area (Å²) in [6, 6.07) is 0.0176. The van der Waals surface area contributed by atoms with Crippen LogP contribution in [0.2, 0.25) is 0 Å². The second-order valence-corrected chi connectivity index (χ2v) is 3.44. The number of carbonyl (C=O) groups is 1. The molecule has 0 bridgehead atoms. The van der Waals surface area contributed by atoms with Crippen LogP contribution in [-0.4, -0.2) is 38.3 Å². The van der Waals surface area contributed by atoms with Crippen LogP contribution < -0.4 is 10.6 Å². The number of rotatable bonds is 4. The Morgan fingerprint density at radius 3 is 3.08 bits per heavy atom. The third-order valence-corrected chi connectivity index (χ3v) is 2.34. The van der Waals surface area contributed by atoms with E-state index in [4.69, 9.17) is 4.74 Å². The van der Waals surface area contributed by atoms with Crippen molar-refractivity contribution in [1.82, 2.24) is 10.6 Å². The van der Waals surface area contributed by atoms with Gasteiger partial charge in [-0.25, -0.2) is 0 Å². The lowest BCUT2D eigenvalue weighted by molar-refractivity contribution is -0.123. The van der Waals surface area contributed by atoms with E-state index in [0.717, 1.165) is 19.4 Å². The van der Waals surface area contributed by atoms with E-state index in [9.17, 15) is 4.79 Å². The van der Waals surface area contributed by atoms with Crippen LogP contribution in [-0.2, 0) is 9.53 Å². The molecule has 1 unspecified atom stereocenters. The van der Waals surface area contributed by atoms with Crippen molar-refractivity contribution >= 4 is 5.91 Å². The molecule has 0 aromatic carbocycles. The van der Waals surface area contributed by atoms with E-state index in [0.29, 0.717) is 6.54 Å². The minimum absolute atomic E-state index is 0.0176. The first-order valence-electron chi connectivity index (χ1n) is 4.78. The Morgan fingerprint density at radius 1 is 1.77 bits per heavy atom. The maximum Gasteiger partial charge on any atom is 0.237 e. The van der Waals surface area contributed by atoms with Crippen LogP contribution >= 0.6 is 0 Å². The first kappa shape index (κ1) is 10.5. The molecule has 0 saturated carbocycles. The van der Waals surface area contributed by atoms with E-state index in [1.165, 1.54) is 0 Å². The van der Waals surface area contributed by atoms with Gasteiger partial charge < -0.3 is 15.4 Å². The molecule has 2 atom stereocenters. The van der Waals surface area contributed by atoms with Gasteiger partial charge in [0.2, 0.25) is 5.91 Å². The van der Waals surface area contributed by atoms with E-state index >= 15 is 0 Å². The molecule has 0 radical (unpaired) electrons. The Kier molecular flexibility index (Phi) is 4.18. The molecule has 1 saturated heterocycles. The molecular weight excluding hydrogens is 168 g/mol. The van der Waals surface area contributed by atoms with E-state index in [-0.39, 0.29) is 18.1 Å². The zero-order valence-electron chi connectivity index (χ0n) is 8.30. The Morgan fingerprint density at radius 2 is 2.54 bits per heavy atom. The van der Waals surface area contributed by atoms with Gasteiger partial charge in [0.05, 0.1) is 12.1 Å². The number of carbonyl (C=O) groups excluding carboxylic acids is 1. The average molecular weight is 186 g/mol. The Balaban J connectivity index is 2.16. The molecule has 13 heavy (non-hydrogen) atoms. The van der Waals surface area contributed by atoms with Crippen molar-refractivity contribution in [1.29, 1.82) is 0 Å². The number of amides is 1. The minimum atomic E-state index is 0.0176. The summed E-state index contributed by atoms with van der Waals surface area (Å²) in [6.45, 7) is 3.48. The summed E-state index contributed by atoms with van der Waals surface area (Å²) < 4.78 is 5.03. The summed E-state index contributed by atoms with van der Waals surface area (Å²) in [5, 5.41) is 5.99. The predicted octanol–water partition coefficient (Wildman–Crippen LogP) is -0.110. The Labute approximate surface area is 79.0 Å². The van der Waals surface area contributed by atoms with Gasteiger partial charge in [0.15, 0.2) is 0 Å². The highest BCUT2D eigenvalue weighted by Gasteiger charge is 2.21. The van der Waals surface area contributed by atoms with Crippen LogP contribution in [0.1, 0.15) is 19.8 Å². The van der Waals surface area contributed by atoms with Crippen molar-refractivity contribution < 1.29 is 9.53 Å². The number of hydrogen-bond donors (Lipinski definition) is 2. The highest BCUT2D eigenvalue weighted by atomic mass is 16.5. The van der Waals surface area contributed by atoms with Gasteiger partial charge in [-0.15, -0.1) is 0 Å². The molecule has 0 aliphatic carbocycles. The standard InChI is InChI=1S/C9H18N2O2/c1-7(13-2)6-11-9(12)8-4-3-5-10-8/h7-8,10H,3-6H2,1-2H3,(H,11,12)/t7?,8-/m0/s1. The number of hydrogen-bond acceptors (Lipinski definition) is 3. The summed E-state index contributed by atoms with van der Waals surface area (Å²) in [7, 11) is 1.64. The van der Waals surface area contributed by atoms with Gasteiger partial charge in [0, 0.05) is 13.7 Å². The summed E-state index contributed by atoms with van der Waals surface area (Å²) in [5.41, 5.74) is 0. The molecule has 1 aliphatic rings. The molecule has 0 spiro atoms. The fraction of sp³-hybridized carbons (Fsp3) is 0.889. The topological polar surface area (TPSA) is 50.4 Å². The SMILES string of the molecule is COC(C)CNC(=O)[C@@H]1CCCN1. The molecule has 1 heterocycles. The van der Waals surface area contributed by atoms with Gasteiger partial charge in [-0.1, -0.05) is 0 Å². The third-order valence-electron chi connectivity index (χ3n) is 2.34. The quantitative estimate of drug-likeness (QED) is 0.644. The van der Waals surface area contributed by atoms with Crippen molar-refractivity contribution in [2.24, 2.45) is 0 Å². The highest BCUT2D eigenvalue weighted by Crippen LogP contribution is 2.04. The second-order valence-electron chi connectivity index (χ2n) is 3.44. The molecular formula is C9H18N2O2. The van der Waals surface area contributed by atoms with Crippen LogP contribution in [0.25, 0.3) is 0 Å². The fourth-order valence-electron chi connectivity index (χ4n) is 1.36. The minimum Gasteiger partial charge on any atom is -0.380 e. The van der Waals surface area contributed by atoms with Crippen LogP contribution in [0.3, 0.4) is 0 Å². The van der Waals surface area contributed by atoms with Crippen molar-refractivity contribution in [3.8, 4) is 0 Å². The summed E-state index contributed by atoms with van der Waals surface area (Å²) in [6.07, 6.45) is 2.14. The van der Waals surface area contributed by atoms with Crippen LogP contribution in [0.4, 0.5) is 0 Å². The van der Waals surface area contributed by atoms with Gasteiger partial charge in [0.1, 0.15) is 0 Å². The molecule has 2 N–H and O–H groups in total. The molecule has 1 fully saturated rings. The maximum absolute atomic E-state index is 11.4. The number of nitrogens with one attached hydrogen (secondary N) is 2. The molecule has 76 valence electrons. The Bertz CT molecular complexity index is 167. The van der Waals surface area contributed by atoms with Crippen molar-refractivity contribution in [3.63, 3.8) is 0 Å². The smallest absolute Gasteiger partial charge is 0.237 e. The van der Waals surface area contributed by atoms with Crippen molar-refractivity contribution in [2.75, 3.05) is 20.2 Å². The third kappa shape index (κ3) is 3.32. The summed E-state index contributed by atoms with van der Waals surface area (Å²) in [5.74, 6) is 0.0985. The maximum atomic E-state index is 11.4. The highest BCUT2D eigenvalue weighted by molar-refractivity contribution is 5.81. The largest absolute Gasteiger partial charge is 0.380 e. The molecule has 1 aliphatic heterocycles. The van der Waals surface area contributed by atoms with Crippen LogP contribution in [0.15, 0.2) is 0 Å². The van der Waals surface area contributed by atoms with Crippen LogP contribution in [0, 0.1) is 0 Å². The zero-order valence-corrected chi connectivity index (χ0v) is 8.30. The lowest BCUT2D eigenvalue weighted by Crippen LogP contribution is -2.43. The lowest BCUT2D eigenvalue weighted by Gasteiger charge is -2.14. The first-order valence-corrected chi connectivity index (χ1v) is 4.78. The normalized spacial score (nSPS) is 24.3. The fourth-order valence-corrected chi connectivity index (χ4v) is 1.36. The zero-order chi connectivity index (χ0) is 9.68. The summed E-state index contributed by atoms with van der Waals surface area (Å²) >= 11 is 0. The van der Waals surface area contributed by atoms with Gasteiger partial charge in [-0.3, -0.25) is 4.79 Å². The van der Waals surface area contributed by atoms with Gasteiger partial charge in [0.25, 0.3) is 0 Å². The van der Waals surface area contributed by atoms with Gasteiger partial charge in [-0.05, 0) is 26.3 Å². The number of ether oxygens (including phenoxy) is 1. The molecule has 1 rings (SSSR count).